The molecule has 0 aliphatic carbocycles. The number of benzene rings is 1. The summed E-state index contributed by atoms with van der Waals surface area (Å²) in [6.07, 6.45) is 3.16. The number of nitro benzene ring substituents is 1. The number of hydrogen-bond donors (Lipinski definition) is 1. The lowest BCUT2D eigenvalue weighted by atomic mass is 10.1. The zero-order valence-electron chi connectivity index (χ0n) is 14.5. The van der Waals surface area contributed by atoms with Crippen molar-refractivity contribution in [2.24, 2.45) is 0 Å². The summed E-state index contributed by atoms with van der Waals surface area (Å²) in [6, 6.07) is 6.00. The fourth-order valence-electron chi connectivity index (χ4n) is 2.58. The van der Waals surface area contributed by atoms with Crippen molar-refractivity contribution in [3.8, 4) is 0 Å². The lowest BCUT2D eigenvalue weighted by Gasteiger charge is -2.09. The van der Waals surface area contributed by atoms with Gasteiger partial charge in [-0.3, -0.25) is 14.9 Å². The number of aromatic nitrogens is 3. The number of amides is 1. The van der Waals surface area contributed by atoms with Crippen LogP contribution in [0.15, 0.2) is 36.7 Å². The number of ether oxygens (including phenoxy) is 1. The SMILES string of the molecule is Cc1nn2cccnc2c1C(=O)OCC(=O)Nc1cccc([N+](=O)[O-])c1C. The van der Waals surface area contributed by atoms with Crippen molar-refractivity contribution in [3.05, 3.63) is 63.6 Å². The zero-order chi connectivity index (χ0) is 19.6. The van der Waals surface area contributed by atoms with Gasteiger partial charge in [-0.25, -0.2) is 14.3 Å². The number of rotatable bonds is 5. The second kappa shape index (κ2) is 7.20. The maximum atomic E-state index is 12.3. The first-order chi connectivity index (χ1) is 12.9. The van der Waals surface area contributed by atoms with Crippen molar-refractivity contribution in [2.45, 2.75) is 13.8 Å². The van der Waals surface area contributed by atoms with Crippen molar-refractivity contribution in [1.82, 2.24) is 14.6 Å². The molecule has 1 N–H and O–H groups in total. The van der Waals surface area contributed by atoms with E-state index in [0.717, 1.165) is 0 Å². The lowest BCUT2D eigenvalue weighted by molar-refractivity contribution is -0.385. The Morgan fingerprint density at radius 1 is 1.30 bits per heavy atom. The van der Waals surface area contributed by atoms with Crippen molar-refractivity contribution >= 4 is 28.9 Å². The molecule has 2 aromatic heterocycles. The van der Waals surface area contributed by atoms with Crippen LogP contribution in [0.2, 0.25) is 0 Å². The normalized spacial score (nSPS) is 10.6. The highest BCUT2D eigenvalue weighted by Gasteiger charge is 2.21. The van der Waals surface area contributed by atoms with Crippen LogP contribution in [0.3, 0.4) is 0 Å². The predicted octanol–water partition coefficient (Wildman–Crippen LogP) is 2.05. The minimum absolute atomic E-state index is 0.113. The van der Waals surface area contributed by atoms with Crippen LogP contribution in [0, 0.1) is 24.0 Å². The lowest BCUT2D eigenvalue weighted by Crippen LogP contribution is -2.21. The van der Waals surface area contributed by atoms with Crippen LogP contribution in [-0.4, -0.2) is 38.0 Å². The fraction of sp³-hybridized carbons (Fsp3) is 0.176. The first kappa shape index (κ1) is 18.0. The summed E-state index contributed by atoms with van der Waals surface area (Å²) in [6.45, 7) is 2.61. The molecule has 138 valence electrons. The maximum Gasteiger partial charge on any atom is 0.344 e. The molecular formula is C17H15N5O5. The van der Waals surface area contributed by atoms with Gasteiger partial charge in [-0.2, -0.15) is 5.10 Å². The summed E-state index contributed by atoms with van der Waals surface area (Å²) in [7, 11) is 0. The number of nitro groups is 1. The molecule has 0 fully saturated rings. The predicted molar refractivity (Wildman–Crippen MR) is 94.5 cm³/mol. The molecule has 0 saturated carbocycles. The number of anilines is 1. The van der Waals surface area contributed by atoms with Crippen molar-refractivity contribution in [3.63, 3.8) is 0 Å². The van der Waals surface area contributed by atoms with Crippen molar-refractivity contribution in [2.75, 3.05) is 11.9 Å². The number of nitrogens with zero attached hydrogens (tertiary/aromatic N) is 4. The van der Waals surface area contributed by atoms with Crippen LogP contribution < -0.4 is 5.32 Å². The van der Waals surface area contributed by atoms with E-state index >= 15 is 0 Å². The number of carbonyl (C=O) groups excluding carboxylic acids is 2. The van der Waals surface area contributed by atoms with Crippen LogP contribution in [0.5, 0.6) is 0 Å². The summed E-state index contributed by atoms with van der Waals surface area (Å²) in [5.74, 6) is -1.35. The quantitative estimate of drug-likeness (QED) is 0.414. The number of aryl methyl sites for hydroxylation is 1. The average molecular weight is 369 g/mol. The van der Waals surface area contributed by atoms with Crippen LogP contribution in [0.4, 0.5) is 11.4 Å². The first-order valence-corrected chi connectivity index (χ1v) is 7.89. The Hall–Kier alpha value is -3.82. The number of carbonyl (C=O) groups is 2. The summed E-state index contributed by atoms with van der Waals surface area (Å²) in [5, 5.41) is 17.6. The second-order valence-corrected chi connectivity index (χ2v) is 5.68. The monoisotopic (exact) mass is 369 g/mol. The minimum atomic E-state index is -0.730. The Balaban J connectivity index is 1.69. The molecule has 0 unspecified atom stereocenters. The largest absolute Gasteiger partial charge is 0.452 e. The highest BCUT2D eigenvalue weighted by Crippen LogP contribution is 2.25. The third-order valence-corrected chi connectivity index (χ3v) is 3.88. The number of nitrogens with one attached hydrogen (secondary N) is 1. The van der Waals surface area contributed by atoms with Crippen LogP contribution in [0.1, 0.15) is 21.6 Å². The smallest absolute Gasteiger partial charge is 0.344 e. The molecule has 0 atom stereocenters. The highest BCUT2D eigenvalue weighted by atomic mass is 16.6. The van der Waals surface area contributed by atoms with Gasteiger partial charge in [0, 0.05) is 18.5 Å². The highest BCUT2D eigenvalue weighted by molar-refractivity contribution is 5.99. The Morgan fingerprint density at radius 3 is 2.81 bits per heavy atom. The Labute approximate surface area is 152 Å². The molecule has 0 aliphatic heterocycles. The standard InChI is InChI=1S/C17H15N5O5/c1-10-12(5-3-6-13(10)22(25)26)19-14(23)9-27-17(24)15-11(2)20-21-8-4-7-18-16(15)21/h3-8H,9H2,1-2H3,(H,19,23). The van der Waals surface area contributed by atoms with Gasteiger partial charge in [-0.15, -0.1) is 0 Å². The molecule has 3 aromatic rings. The van der Waals surface area contributed by atoms with E-state index in [9.17, 15) is 19.7 Å². The summed E-state index contributed by atoms with van der Waals surface area (Å²) in [5.41, 5.74) is 1.40. The Kier molecular flexibility index (Phi) is 4.79. The van der Waals surface area contributed by atoms with E-state index in [2.05, 4.69) is 15.4 Å². The molecule has 2 heterocycles. The van der Waals surface area contributed by atoms with Gasteiger partial charge in [0.25, 0.3) is 11.6 Å². The topological polar surface area (TPSA) is 129 Å². The summed E-state index contributed by atoms with van der Waals surface area (Å²) >= 11 is 0. The first-order valence-electron chi connectivity index (χ1n) is 7.89. The average Bonchev–Trinajstić information content (AvgIpc) is 2.97. The molecule has 0 aliphatic rings. The van der Waals surface area contributed by atoms with Gasteiger partial charge < -0.3 is 10.1 Å². The molecule has 0 bridgehead atoms. The summed E-state index contributed by atoms with van der Waals surface area (Å²) in [4.78, 5) is 38.9. The molecule has 27 heavy (non-hydrogen) atoms. The molecule has 0 saturated heterocycles. The van der Waals surface area contributed by atoms with Gasteiger partial charge in [0.05, 0.1) is 21.9 Å². The molecule has 0 spiro atoms. The third kappa shape index (κ3) is 3.59. The van der Waals surface area contributed by atoms with Crippen LogP contribution >= 0.6 is 0 Å². The van der Waals surface area contributed by atoms with E-state index in [1.807, 2.05) is 0 Å². The number of hydrogen-bond acceptors (Lipinski definition) is 7. The van der Waals surface area contributed by atoms with Crippen molar-refractivity contribution in [1.29, 1.82) is 0 Å². The number of fused-ring (bicyclic) bond motifs is 1. The van der Waals surface area contributed by atoms with E-state index in [0.29, 0.717) is 16.9 Å². The Morgan fingerprint density at radius 2 is 2.07 bits per heavy atom. The van der Waals surface area contributed by atoms with Gasteiger partial charge in [-0.1, -0.05) is 6.07 Å². The zero-order valence-corrected chi connectivity index (χ0v) is 14.5. The molecule has 3 rings (SSSR count). The van der Waals surface area contributed by atoms with Gasteiger partial charge in [0.1, 0.15) is 5.56 Å². The van der Waals surface area contributed by atoms with E-state index in [1.165, 1.54) is 35.8 Å². The van der Waals surface area contributed by atoms with Gasteiger partial charge in [-0.05, 0) is 26.0 Å². The van der Waals surface area contributed by atoms with Gasteiger partial charge >= 0.3 is 5.97 Å². The van der Waals surface area contributed by atoms with E-state index in [4.69, 9.17) is 4.74 Å². The fourth-order valence-corrected chi connectivity index (χ4v) is 2.58. The van der Waals surface area contributed by atoms with Gasteiger partial charge in [0.2, 0.25) is 0 Å². The van der Waals surface area contributed by atoms with Crippen LogP contribution in [0.25, 0.3) is 5.65 Å². The molecule has 1 amide bonds. The van der Waals surface area contributed by atoms with Gasteiger partial charge in [0.15, 0.2) is 12.3 Å². The van der Waals surface area contributed by atoms with Crippen LogP contribution in [-0.2, 0) is 9.53 Å². The second-order valence-electron chi connectivity index (χ2n) is 5.68. The molecule has 0 radical (unpaired) electrons. The minimum Gasteiger partial charge on any atom is -0.452 e. The molecule has 10 nitrogen and oxygen atoms in total. The van der Waals surface area contributed by atoms with E-state index in [1.54, 1.807) is 19.2 Å². The molecule has 1 aromatic carbocycles. The molecular weight excluding hydrogens is 354 g/mol. The number of esters is 1. The molecule has 10 heteroatoms. The van der Waals surface area contributed by atoms with E-state index < -0.39 is 23.4 Å². The summed E-state index contributed by atoms with van der Waals surface area (Å²) < 4.78 is 6.49. The maximum absolute atomic E-state index is 12.3. The van der Waals surface area contributed by atoms with Crippen molar-refractivity contribution < 1.29 is 19.2 Å². The van der Waals surface area contributed by atoms with E-state index in [-0.39, 0.29) is 16.9 Å². The third-order valence-electron chi connectivity index (χ3n) is 3.88. The Bertz CT molecular complexity index is 1060.